The average Bonchev–Trinajstić information content (AvgIpc) is 2.79. The van der Waals surface area contributed by atoms with Crippen LogP contribution in [0.3, 0.4) is 0 Å². The van der Waals surface area contributed by atoms with Crippen LogP contribution in [-0.4, -0.2) is 34.9 Å². The summed E-state index contributed by atoms with van der Waals surface area (Å²) in [6.07, 6.45) is 7.14. The van der Waals surface area contributed by atoms with E-state index >= 15 is 0 Å². The van der Waals surface area contributed by atoms with Crippen molar-refractivity contribution in [2.75, 3.05) is 13.1 Å². The van der Waals surface area contributed by atoms with Gasteiger partial charge in [0.1, 0.15) is 0 Å². The Labute approximate surface area is 115 Å². The quantitative estimate of drug-likeness (QED) is 0.876. The second-order valence-electron chi connectivity index (χ2n) is 5.37. The molecule has 0 aliphatic carbocycles. The van der Waals surface area contributed by atoms with Crippen LogP contribution >= 0.6 is 0 Å². The number of aryl methyl sites for hydroxylation is 1. The van der Waals surface area contributed by atoms with Crippen molar-refractivity contribution in [2.45, 2.75) is 38.6 Å². The van der Waals surface area contributed by atoms with E-state index in [1.54, 1.807) is 6.20 Å². The van der Waals surface area contributed by atoms with Crippen molar-refractivity contribution in [1.29, 1.82) is 0 Å². The molecule has 1 aliphatic rings. The van der Waals surface area contributed by atoms with Crippen molar-refractivity contribution in [3.05, 3.63) is 30.1 Å². The van der Waals surface area contributed by atoms with E-state index in [1.165, 1.54) is 0 Å². The summed E-state index contributed by atoms with van der Waals surface area (Å²) in [5.41, 5.74) is 7.21. The number of carbonyl (C=O) groups is 1. The highest BCUT2D eigenvalue weighted by atomic mass is 16.2. The molecule has 2 atom stereocenters. The van der Waals surface area contributed by atoms with Gasteiger partial charge in [0.15, 0.2) is 0 Å². The van der Waals surface area contributed by atoms with Crippen molar-refractivity contribution in [1.82, 2.24) is 9.88 Å². The second-order valence-corrected chi connectivity index (χ2v) is 5.37. The Bertz CT molecular complexity index is 407. The van der Waals surface area contributed by atoms with E-state index in [0.29, 0.717) is 12.3 Å². The number of nitrogens with two attached hydrogens (primary N) is 1. The molecule has 1 amide bonds. The van der Waals surface area contributed by atoms with Gasteiger partial charge >= 0.3 is 0 Å². The van der Waals surface area contributed by atoms with Gasteiger partial charge in [-0.25, -0.2) is 0 Å². The van der Waals surface area contributed by atoms with Crippen LogP contribution < -0.4 is 5.73 Å². The van der Waals surface area contributed by atoms with E-state index in [2.05, 4.69) is 11.9 Å². The van der Waals surface area contributed by atoms with Crippen LogP contribution in [0.5, 0.6) is 0 Å². The number of hydrogen-bond donors (Lipinski definition) is 1. The first-order chi connectivity index (χ1) is 9.20. The van der Waals surface area contributed by atoms with Gasteiger partial charge in [-0.2, -0.15) is 0 Å². The maximum Gasteiger partial charge on any atom is 0.222 e. The molecule has 0 spiro atoms. The molecule has 1 aliphatic heterocycles. The molecule has 0 bridgehead atoms. The molecule has 0 saturated carbocycles. The Morgan fingerprint density at radius 3 is 3.05 bits per heavy atom. The third kappa shape index (κ3) is 3.77. The number of rotatable bonds is 5. The minimum atomic E-state index is 0.155. The molecule has 4 heteroatoms. The average molecular weight is 261 g/mol. The third-order valence-electron chi connectivity index (χ3n) is 3.85. The highest BCUT2D eigenvalue weighted by Gasteiger charge is 2.31. The summed E-state index contributed by atoms with van der Waals surface area (Å²) in [6, 6.07) is 4.07. The predicted octanol–water partition coefficient (Wildman–Crippen LogP) is 1.60. The largest absolute Gasteiger partial charge is 0.341 e. The third-order valence-corrected chi connectivity index (χ3v) is 3.85. The summed E-state index contributed by atoms with van der Waals surface area (Å²) in [7, 11) is 0. The molecule has 0 aromatic carbocycles. The Kier molecular flexibility index (Phi) is 4.91. The molecule has 104 valence electrons. The molecule has 1 saturated heterocycles. The molecule has 19 heavy (non-hydrogen) atoms. The zero-order valence-corrected chi connectivity index (χ0v) is 11.6. The molecule has 4 nitrogen and oxygen atoms in total. The molecule has 0 radical (unpaired) electrons. The fraction of sp³-hybridized carbons (Fsp3) is 0.600. The Hall–Kier alpha value is -1.42. The first-order valence-corrected chi connectivity index (χ1v) is 7.13. The zero-order chi connectivity index (χ0) is 13.7. The van der Waals surface area contributed by atoms with E-state index in [4.69, 9.17) is 5.73 Å². The Morgan fingerprint density at radius 2 is 2.37 bits per heavy atom. The van der Waals surface area contributed by atoms with Crippen LogP contribution in [0.2, 0.25) is 0 Å². The van der Waals surface area contributed by atoms with Crippen molar-refractivity contribution in [2.24, 2.45) is 11.7 Å². The summed E-state index contributed by atoms with van der Waals surface area (Å²) in [5.74, 6) is 0.699. The van der Waals surface area contributed by atoms with Gasteiger partial charge in [-0.3, -0.25) is 9.78 Å². The Morgan fingerprint density at radius 1 is 1.53 bits per heavy atom. The van der Waals surface area contributed by atoms with E-state index in [1.807, 2.05) is 23.2 Å². The van der Waals surface area contributed by atoms with Gasteiger partial charge in [-0.15, -0.1) is 0 Å². The summed E-state index contributed by atoms with van der Waals surface area (Å²) >= 11 is 0. The maximum atomic E-state index is 12.2. The van der Waals surface area contributed by atoms with Crippen molar-refractivity contribution >= 4 is 5.91 Å². The van der Waals surface area contributed by atoms with Gasteiger partial charge in [-0.1, -0.05) is 19.4 Å². The number of amides is 1. The highest BCUT2D eigenvalue weighted by molar-refractivity contribution is 5.76. The standard InChI is InChI=1S/C15H23N3O/c1-2-4-13-10-18(11-14(13)16)15(19)7-6-12-5-3-8-17-9-12/h3,5,8-9,13-14H,2,4,6-7,10-11,16H2,1H3. The molecular weight excluding hydrogens is 238 g/mol. The molecule has 1 aromatic rings. The lowest BCUT2D eigenvalue weighted by Gasteiger charge is -2.16. The van der Waals surface area contributed by atoms with E-state index in [9.17, 15) is 4.79 Å². The summed E-state index contributed by atoms with van der Waals surface area (Å²) in [6.45, 7) is 3.72. The van der Waals surface area contributed by atoms with Gasteiger partial charge < -0.3 is 10.6 Å². The topological polar surface area (TPSA) is 59.2 Å². The summed E-state index contributed by atoms with van der Waals surface area (Å²) in [4.78, 5) is 18.2. The number of pyridine rings is 1. The number of hydrogen-bond acceptors (Lipinski definition) is 3. The van der Waals surface area contributed by atoms with Crippen molar-refractivity contribution in [3.8, 4) is 0 Å². The normalized spacial score (nSPS) is 22.7. The van der Waals surface area contributed by atoms with Gasteiger partial charge in [0, 0.05) is 37.9 Å². The monoisotopic (exact) mass is 261 g/mol. The predicted molar refractivity (Wildman–Crippen MR) is 75.5 cm³/mol. The minimum Gasteiger partial charge on any atom is -0.341 e. The SMILES string of the molecule is CCCC1CN(C(=O)CCc2cccnc2)CC1N. The van der Waals surface area contributed by atoms with Crippen LogP contribution in [-0.2, 0) is 11.2 Å². The van der Waals surface area contributed by atoms with Crippen LogP contribution in [0, 0.1) is 5.92 Å². The first kappa shape index (κ1) is 14.0. The van der Waals surface area contributed by atoms with Crippen LogP contribution in [0.1, 0.15) is 31.7 Å². The number of nitrogens with zero attached hydrogens (tertiary/aromatic N) is 2. The van der Waals surface area contributed by atoms with Gasteiger partial charge in [0.25, 0.3) is 0 Å². The van der Waals surface area contributed by atoms with Crippen LogP contribution in [0.25, 0.3) is 0 Å². The first-order valence-electron chi connectivity index (χ1n) is 7.13. The molecule has 2 N–H and O–H groups in total. The fourth-order valence-electron chi connectivity index (χ4n) is 2.73. The molecule has 2 unspecified atom stereocenters. The smallest absolute Gasteiger partial charge is 0.222 e. The molecule has 1 fully saturated rings. The summed E-state index contributed by atoms with van der Waals surface area (Å²) in [5, 5.41) is 0. The number of aromatic nitrogens is 1. The number of carbonyl (C=O) groups excluding carboxylic acids is 1. The molecule has 1 aromatic heterocycles. The van der Waals surface area contributed by atoms with Crippen molar-refractivity contribution in [3.63, 3.8) is 0 Å². The van der Waals surface area contributed by atoms with Gasteiger partial charge in [0.2, 0.25) is 5.91 Å². The lowest BCUT2D eigenvalue weighted by Crippen LogP contribution is -2.32. The maximum absolute atomic E-state index is 12.2. The highest BCUT2D eigenvalue weighted by Crippen LogP contribution is 2.21. The van der Waals surface area contributed by atoms with Gasteiger partial charge in [-0.05, 0) is 30.4 Å². The Balaban J connectivity index is 1.81. The van der Waals surface area contributed by atoms with E-state index in [-0.39, 0.29) is 11.9 Å². The lowest BCUT2D eigenvalue weighted by atomic mass is 9.99. The van der Waals surface area contributed by atoms with Crippen molar-refractivity contribution < 1.29 is 4.79 Å². The lowest BCUT2D eigenvalue weighted by molar-refractivity contribution is -0.130. The molecular formula is C15H23N3O. The van der Waals surface area contributed by atoms with E-state index in [0.717, 1.165) is 37.9 Å². The van der Waals surface area contributed by atoms with Crippen LogP contribution in [0.4, 0.5) is 0 Å². The van der Waals surface area contributed by atoms with Crippen LogP contribution in [0.15, 0.2) is 24.5 Å². The molecule has 2 heterocycles. The fourth-order valence-corrected chi connectivity index (χ4v) is 2.73. The molecule has 2 rings (SSSR count). The second kappa shape index (κ2) is 6.66. The van der Waals surface area contributed by atoms with E-state index < -0.39 is 0 Å². The summed E-state index contributed by atoms with van der Waals surface area (Å²) < 4.78 is 0. The zero-order valence-electron chi connectivity index (χ0n) is 11.6. The number of likely N-dealkylation sites (tertiary alicyclic amines) is 1. The minimum absolute atomic E-state index is 0.155. The van der Waals surface area contributed by atoms with Gasteiger partial charge in [0.05, 0.1) is 0 Å².